The van der Waals surface area contributed by atoms with Gasteiger partial charge in [0.15, 0.2) is 0 Å². The SMILES string of the molecule is CCc1ccc(N(C)c2ccc([C@H](O)CC)nc2)cc1. The molecule has 0 aliphatic rings. The van der Waals surface area contributed by atoms with E-state index in [1.54, 1.807) is 0 Å². The average Bonchev–Trinajstić information content (AvgIpc) is 2.53. The van der Waals surface area contributed by atoms with E-state index in [9.17, 15) is 5.11 Å². The summed E-state index contributed by atoms with van der Waals surface area (Å²) in [5.41, 5.74) is 4.21. The number of aryl methyl sites for hydroxylation is 1. The van der Waals surface area contributed by atoms with Crippen molar-refractivity contribution in [2.75, 3.05) is 11.9 Å². The number of hydrogen-bond acceptors (Lipinski definition) is 3. The van der Waals surface area contributed by atoms with Crippen LogP contribution in [0.15, 0.2) is 42.6 Å². The van der Waals surface area contributed by atoms with Gasteiger partial charge in [-0.15, -0.1) is 0 Å². The van der Waals surface area contributed by atoms with Gasteiger partial charge in [-0.3, -0.25) is 4.98 Å². The molecule has 1 aromatic heterocycles. The van der Waals surface area contributed by atoms with Gasteiger partial charge in [-0.1, -0.05) is 26.0 Å². The molecule has 2 rings (SSSR count). The standard InChI is InChI=1S/C17H22N2O/c1-4-13-6-8-14(9-7-13)19(3)15-10-11-16(18-12-15)17(20)5-2/h6-12,17,20H,4-5H2,1-3H3/t17-/m1/s1. The molecule has 106 valence electrons. The van der Waals surface area contributed by atoms with Crippen LogP contribution < -0.4 is 4.90 Å². The van der Waals surface area contributed by atoms with Crippen molar-refractivity contribution in [3.8, 4) is 0 Å². The number of anilines is 2. The summed E-state index contributed by atoms with van der Waals surface area (Å²) in [5.74, 6) is 0. The smallest absolute Gasteiger partial charge is 0.0957 e. The van der Waals surface area contributed by atoms with E-state index in [0.717, 1.165) is 23.5 Å². The first kappa shape index (κ1) is 14.5. The number of nitrogens with zero attached hydrogens (tertiary/aromatic N) is 2. The summed E-state index contributed by atoms with van der Waals surface area (Å²) in [6.45, 7) is 4.10. The lowest BCUT2D eigenvalue weighted by Crippen LogP contribution is -2.10. The van der Waals surface area contributed by atoms with Gasteiger partial charge in [0.05, 0.1) is 23.7 Å². The van der Waals surface area contributed by atoms with Gasteiger partial charge >= 0.3 is 0 Å². The fourth-order valence-corrected chi connectivity index (χ4v) is 2.11. The second kappa shape index (κ2) is 6.53. The van der Waals surface area contributed by atoms with E-state index in [0.29, 0.717) is 6.42 Å². The van der Waals surface area contributed by atoms with E-state index in [4.69, 9.17) is 0 Å². The molecule has 0 aliphatic carbocycles. The molecule has 3 nitrogen and oxygen atoms in total. The number of aliphatic hydroxyl groups is 1. The Morgan fingerprint density at radius 3 is 2.20 bits per heavy atom. The molecule has 0 fully saturated rings. The minimum absolute atomic E-state index is 0.474. The van der Waals surface area contributed by atoms with E-state index in [2.05, 4.69) is 41.1 Å². The van der Waals surface area contributed by atoms with Crippen molar-refractivity contribution in [3.63, 3.8) is 0 Å². The Morgan fingerprint density at radius 2 is 1.70 bits per heavy atom. The zero-order valence-electron chi connectivity index (χ0n) is 12.4. The van der Waals surface area contributed by atoms with Crippen LogP contribution in [-0.4, -0.2) is 17.1 Å². The van der Waals surface area contributed by atoms with Gasteiger partial charge in [0, 0.05) is 12.7 Å². The number of aromatic nitrogens is 1. The molecule has 0 unspecified atom stereocenters. The molecule has 0 aliphatic heterocycles. The van der Waals surface area contributed by atoms with E-state index in [-0.39, 0.29) is 0 Å². The fraction of sp³-hybridized carbons (Fsp3) is 0.353. The first-order valence-corrected chi connectivity index (χ1v) is 7.12. The van der Waals surface area contributed by atoms with Crippen molar-refractivity contribution in [1.29, 1.82) is 0 Å². The number of aliphatic hydroxyl groups excluding tert-OH is 1. The molecule has 0 saturated heterocycles. The van der Waals surface area contributed by atoms with E-state index >= 15 is 0 Å². The zero-order valence-corrected chi connectivity index (χ0v) is 12.4. The van der Waals surface area contributed by atoms with Crippen molar-refractivity contribution in [2.45, 2.75) is 32.8 Å². The van der Waals surface area contributed by atoms with Gasteiger partial charge in [0.1, 0.15) is 0 Å². The molecule has 3 heteroatoms. The third-order valence-electron chi connectivity index (χ3n) is 3.62. The Kier molecular flexibility index (Phi) is 4.74. The molecule has 0 spiro atoms. The normalized spacial score (nSPS) is 12.2. The number of benzene rings is 1. The summed E-state index contributed by atoms with van der Waals surface area (Å²) in [6.07, 6.45) is 3.07. The third kappa shape index (κ3) is 3.17. The van der Waals surface area contributed by atoms with Crippen molar-refractivity contribution < 1.29 is 5.11 Å². The van der Waals surface area contributed by atoms with Gasteiger partial charge < -0.3 is 10.0 Å². The summed E-state index contributed by atoms with van der Waals surface area (Å²) in [7, 11) is 2.02. The van der Waals surface area contributed by atoms with Gasteiger partial charge in [0.2, 0.25) is 0 Å². The molecule has 1 heterocycles. The topological polar surface area (TPSA) is 36.4 Å². The summed E-state index contributed by atoms with van der Waals surface area (Å²) >= 11 is 0. The first-order valence-electron chi connectivity index (χ1n) is 7.12. The predicted molar refractivity (Wildman–Crippen MR) is 83.4 cm³/mol. The van der Waals surface area contributed by atoms with Crippen molar-refractivity contribution in [3.05, 3.63) is 53.9 Å². The Bertz CT molecular complexity index is 534. The van der Waals surface area contributed by atoms with E-state index in [1.807, 2.05) is 32.3 Å². The Hall–Kier alpha value is -1.87. The van der Waals surface area contributed by atoms with Gasteiger partial charge in [-0.2, -0.15) is 0 Å². The van der Waals surface area contributed by atoms with Gasteiger partial charge in [-0.25, -0.2) is 0 Å². The molecule has 2 aromatic rings. The Morgan fingerprint density at radius 1 is 1.05 bits per heavy atom. The molecule has 1 N–H and O–H groups in total. The quantitative estimate of drug-likeness (QED) is 0.896. The first-order chi connectivity index (χ1) is 9.65. The lowest BCUT2D eigenvalue weighted by atomic mass is 10.1. The summed E-state index contributed by atoms with van der Waals surface area (Å²) in [6, 6.07) is 12.4. The number of hydrogen-bond donors (Lipinski definition) is 1. The van der Waals surface area contributed by atoms with Crippen LogP contribution >= 0.6 is 0 Å². The van der Waals surface area contributed by atoms with E-state index < -0.39 is 6.10 Å². The Balaban J connectivity index is 2.17. The maximum Gasteiger partial charge on any atom is 0.0957 e. The van der Waals surface area contributed by atoms with Crippen molar-refractivity contribution in [2.24, 2.45) is 0 Å². The molecule has 0 amide bonds. The summed E-state index contributed by atoms with van der Waals surface area (Å²) < 4.78 is 0. The second-order valence-electron chi connectivity index (χ2n) is 4.94. The minimum Gasteiger partial charge on any atom is -0.387 e. The van der Waals surface area contributed by atoms with Crippen LogP contribution in [0.3, 0.4) is 0 Å². The monoisotopic (exact) mass is 270 g/mol. The molecule has 0 bridgehead atoms. The molecule has 0 radical (unpaired) electrons. The molecule has 20 heavy (non-hydrogen) atoms. The van der Waals surface area contributed by atoms with Crippen LogP contribution in [0, 0.1) is 0 Å². The highest BCUT2D eigenvalue weighted by molar-refractivity contribution is 5.61. The number of rotatable bonds is 5. The largest absolute Gasteiger partial charge is 0.387 e. The Labute approximate surface area is 120 Å². The third-order valence-corrected chi connectivity index (χ3v) is 3.62. The maximum atomic E-state index is 9.76. The van der Waals surface area contributed by atoms with Crippen LogP contribution in [0.5, 0.6) is 0 Å². The van der Waals surface area contributed by atoms with Crippen LogP contribution in [0.25, 0.3) is 0 Å². The van der Waals surface area contributed by atoms with E-state index in [1.165, 1.54) is 5.56 Å². The minimum atomic E-state index is -0.474. The highest BCUT2D eigenvalue weighted by atomic mass is 16.3. The zero-order chi connectivity index (χ0) is 14.5. The maximum absolute atomic E-state index is 9.76. The lowest BCUT2D eigenvalue weighted by molar-refractivity contribution is 0.169. The van der Waals surface area contributed by atoms with Crippen LogP contribution in [-0.2, 0) is 6.42 Å². The van der Waals surface area contributed by atoms with Crippen molar-refractivity contribution >= 4 is 11.4 Å². The van der Waals surface area contributed by atoms with Gasteiger partial charge in [0.25, 0.3) is 0 Å². The van der Waals surface area contributed by atoms with Crippen LogP contribution in [0.4, 0.5) is 11.4 Å². The van der Waals surface area contributed by atoms with Crippen LogP contribution in [0.1, 0.15) is 37.6 Å². The summed E-state index contributed by atoms with van der Waals surface area (Å²) in [4.78, 5) is 6.43. The fourth-order valence-electron chi connectivity index (χ4n) is 2.11. The van der Waals surface area contributed by atoms with Gasteiger partial charge in [-0.05, 0) is 42.7 Å². The lowest BCUT2D eigenvalue weighted by Gasteiger charge is -2.20. The second-order valence-corrected chi connectivity index (χ2v) is 4.94. The molecule has 1 atom stereocenters. The molecular formula is C17H22N2O. The van der Waals surface area contributed by atoms with Crippen LogP contribution in [0.2, 0.25) is 0 Å². The predicted octanol–water partition coefficient (Wildman–Crippen LogP) is 3.86. The highest BCUT2D eigenvalue weighted by Gasteiger charge is 2.08. The number of pyridine rings is 1. The average molecular weight is 270 g/mol. The molecular weight excluding hydrogens is 248 g/mol. The molecule has 0 saturated carbocycles. The summed E-state index contributed by atoms with van der Waals surface area (Å²) in [5, 5.41) is 9.76. The molecule has 1 aromatic carbocycles. The van der Waals surface area contributed by atoms with Crippen molar-refractivity contribution in [1.82, 2.24) is 4.98 Å². The highest BCUT2D eigenvalue weighted by Crippen LogP contribution is 2.24.